The molecule has 16 heavy (non-hydrogen) atoms. The molecular formula is C13H27FN2. The fraction of sp³-hybridized carbons (Fsp3) is 1.00. The summed E-state index contributed by atoms with van der Waals surface area (Å²) in [4.78, 5) is 2.48. The summed E-state index contributed by atoms with van der Waals surface area (Å²) in [6.45, 7) is 9.66. The van der Waals surface area contributed by atoms with Crippen LogP contribution in [0.3, 0.4) is 0 Å². The van der Waals surface area contributed by atoms with Crippen LogP contribution in [0.25, 0.3) is 0 Å². The minimum atomic E-state index is -0.186. The average Bonchev–Trinajstić information content (AvgIpc) is 2.34. The molecule has 0 saturated carbocycles. The molecule has 1 aliphatic heterocycles. The number of piperazine rings is 1. The third kappa shape index (κ3) is 3.70. The minimum Gasteiger partial charge on any atom is -0.311 e. The van der Waals surface area contributed by atoms with E-state index in [0.717, 1.165) is 26.1 Å². The lowest BCUT2D eigenvalue weighted by Gasteiger charge is -2.42. The number of hydrogen-bond donors (Lipinski definition) is 1. The summed E-state index contributed by atoms with van der Waals surface area (Å²) in [7, 11) is 0. The SMILES string of the molecule is CCC(C)C1CN(CCCF)C(CC)CN1. The predicted molar refractivity (Wildman–Crippen MR) is 67.5 cm³/mol. The highest BCUT2D eigenvalue weighted by Crippen LogP contribution is 2.17. The Kier molecular flexibility index (Phi) is 6.29. The number of alkyl halides is 1. The highest BCUT2D eigenvalue weighted by atomic mass is 19.1. The van der Waals surface area contributed by atoms with E-state index in [1.165, 1.54) is 6.42 Å². The maximum absolute atomic E-state index is 12.3. The van der Waals surface area contributed by atoms with Gasteiger partial charge in [0, 0.05) is 31.7 Å². The molecule has 0 aromatic carbocycles. The molecule has 3 atom stereocenters. The molecule has 0 spiro atoms. The lowest BCUT2D eigenvalue weighted by atomic mass is 9.95. The molecule has 0 aromatic heterocycles. The largest absolute Gasteiger partial charge is 0.311 e. The molecule has 96 valence electrons. The first-order valence-electron chi connectivity index (χ1n) is 6.76. The van der Waals surface area contributed by atoms with E-state index in [1.807, 2.05) is 0 Å². The highest BCUT2D eigenvalue weighted by Gasteiger charge is 2.28. The van der Waals surface area contributed by atoms with Gasteiger partial charge in [-0.2, -0.15) is 0 Å². The topological polar surface area (TPSA) is 15.3 Å². The van der Waals surface area contributed by atoms with Crippen molar-refractivity contribution in [2.24, 2.45) is 5.92 Å². The van der Waals surface area contributed by atoms with Crippen LogP contribution in [0.15, 0.2) is 0 Å². The lowest BCUT2D eigenvalue weighted by molar-refractivity contribution is 0.103. The van der Waals surface area contributed by atoms with Crippen LogP contribution in [-0.2, 0) is 0 Å². The maximum Gasteiger partial charge on any atom is 0.0906 e. The van der Waals surface area contributed by atoms with Crippen molar-refractivity contribution in [2.75, 3.05) is 26.3 Å². The molecule has 0 bridgehead atoms. The van der Waals surface area contributed by atoms with Gasteiger partial charge < -0.3 is 5.32 Å². The second kappa shape index (κ2) is 7.23. The van der Waals surface area contributed by atoms with Crippen LogP contribution < -0.4 is 5.32 Å². The van der Waals surface area contributed by atoms with Gasteiger partial charge in [-0.05, 0) is 18.8 Å². The number of nitrogens with zero attached hydrogens (tertiary/aromatic N) is 1. The first-order chi connectivity index (χ1) is 7.72. The molecule has 0 aromatic rings. The summed E-state index contributed by atoms with van der Waals surface area (Å²) in [5, 5.41) is 3.64. The summed E-state index contributed by atoms with van der Waals surface area (Å²) in [6.07, 6.45) is 3.06. The van der Waals surface area contributed by atoms with Crippen LogP contribution in [0, 0.1) is 5.92 Å². The van der Waals surface area contributed by atoms with Crippen molar-refractivity contribution >= 4 is 0 Å². The molecule has 0 aliphatic carbocycles. The summed E-state index contributed by atoms with van der Waals surface area (Å²) in [6, 6.07) is 1.19. The Hall–Kier alpha value is -0.150. The highest BCUT2D eigenvalue weighted by molar-refractivity contribution is 4.87. The molecule has 1 heterocycles. The molecule has 1 fully saturated rings. The van der Waals surface area contributed by atoms with Crippen molar-refractivity contribution in [1.29, 1.82) is 0 Å². The zero-order chi connectivity index (χ0) is 12.0. The van der Waals surface area contributed by atoms with Gasteiger partial charge in [-0.15, -0.1) is 0 Å². The van der Waals surface area contributed by atoms with Crippen molar-refractivity contribution < 1.29 is 4.39 Å². The van der Waals surface area contributed by atoms with Gasteiger partial charge in [0.25, 0.3) is 0 Å². The fourth-order valence-corrected chi connectivity index (χ4v) is 2.49. The molecule has 1 saturated heterocycles. The molecule has 1 N–H and O–H groups in total. The molecular weight excluding hydrogens is 203 g/mol. The zero-order valence-electron chi connectivity index (χ0n) is 11.0. The van der Waals surface area contributed by atoms with Crippen molar-refractivity contribution in [2.45, 2.75) is 52.1 Å². The van der Waals surface area contributed by atoms with E-state index in [9.17, 15) is 4.39 Å². The Morgan fingerprint density at radius 3 is 2.75 bits per heavy atom. The Morgan fingerprint density at radius 1 is 1.44 bits per heavy atom. The molecule has 3 heteroatoms. The van der Waals surface area contributed by atoms with Gasteiger partial charge in [0.2, 0.25) is 0 Å². The summed E-state index contributed by atoms with van der Waals surface area (Å²) in [5.74, 6) is 0.714. The van der Waals surface area contributed by atoms with Gasteiger partial charge in [0.1, 0.15) is 0 Å². The monoisotopic (exact) mass is 230 g/mol. The summed E-state index contributed by atoms with van der Waals surface area (Å²) < 4.78 is 12.3. The van der Waals surface area contributed by atoms with Gasteiger partial charge in [0.05, 0.1) is 6.67 Å². The van der Waals surface area contributed by atoms with E-state index in [-0.39, 0.29) is 6.67 Å². The maximum atomic E-state index is 12.3. The van der Waals surface area contributed by atoms with E-state index in [4.69, 9.17) is 0 Å². The Labute approximate surface area is 99.6 Å². The summed E-state index contributed by atoms with van der Waals surface area (Å²) in [5.41, 5.74) is 0. The molecule has 0 amide bonds. The average molecular weight is 230 g/mol. The van der Waals surface area contributed by atoms with E-state index in [2.05, 4.69) is 31.0 Å². The molecule has 3 unspecified atom stereocenters. The third-order valence-electron chi connectivity index (χ3n) is 3.94. The Morgan fingerprint density at radius 2 is 2.19 bits per heavy atom. The Balaban J connectivity index is 2.47. The number of hydrogen-bond acceptors (Lipinski definition) is 2. The molecule has 1 rings (SSSR count). The number of halogens is 1. The quantitative estimate of drug-likeness (QED) is 0.754. The standard InChI is InChI=1S/C13H27FN2/c1-4-11(3)13-10-16(8-6-7-14)12(5-2)9-15-13/h11-13,15H,4-10H2,1-3H3. The van der Waals surface area contributed by atoms with Crippen molar-refractivity contribution in [3.8, 4) is 0 Å². The lowest BCUT2D eigenvalue weighted by Crippen LogP contribution is -2.58. The van der Waals surface area contributed by atoms with Gasteiger partial charge in [-0.3, -0.25) is 9.29 Å². The molecule has 0 radical (unpaired) electrons. The van der Waals surface area contributed by atoms with Crippen LogP contribution in [0.1, 0.15) is 40.0 Å². The third-order valence-corrected chi connectivity index (χ3v) is 3.94. The smallest absolute Gasteiger partial charge is 0.0906 e. The van der Waals surface area contributed by atoms with E-state index in [0.29, 0.717) is 24.4 Å². The second-order valence-electron chi connectivity index (χ2n) is 5.00. The number of rotatable bonds is 6. The molecule has 2 nitrogen and oxygen atoms in total. The van der Waals surface area contributed by atoms with E-state index >= 15 is 0 Å². The van der Waals surface area contributed by atoms with Crippen molar-refractivity contribution in [3.05, 3.63) is 0 Å². The summed E-state index contributed by atoms with van der Waals surface area (Å²) >= 11 is 0. The van der Waals surface area contributed by atoms with Crippen LogP contribution in [-0.4, -0.2) is 43.3 Å². The van der Waals surface area contributed by atoms with Crippen molar-refractivity contribution in [3.63, 3.8) is 0 Å². The van der Waals surface area contributed by atoms with Gasteiger partial charge >= 0.3 is 0 Å². The first kappa shape index (κ1) is 13.9. The minimum absolute atomic E-state index is 0.186. The first-order valence-corrected chi connectivity index (χ1v) is 6.76. The van der Waals surface area contributed by atoms with Crippen LogP contribution in [0.4, 0.5) is 4.39 Å². The fourth-order valence-electron chi connectivity index (χ4n) is 2.49. The van der Waals surface area contributed by atoms with Crippen LogP contribution in [0.2, 0.25) is 0 Å². The predicted octanol–water partition coefficient (Wildman–Crippen LogP) is 2.44. The van der Waals surface area contributed by atoms with Gasteiger partial charge in [-0.25, -0.2) is 0 Å². The molecule has 1 aliphatic rings. The van der Waals surface area contributed by atoms with Crippen LogP contribution >= 0.6 is 0 Å². The van der Waals surface area contributed by atoms with Crippen molar-refractivity contribution in [1.82, 2.24) is 10.2 Å². The number of nitrogens with one attached hydrogen (secondary N) is 1. The van der Waals surface area contributed by atoms with Gasteiger partial charge in [-0.1, -0.05) is 27.2 Å². The Bertz CT molecular complexity index is 187. The van der Waals surface area contributed by atoms with E-state index < -0.39 is 0 Å². The zero-order valence-corrected chi connectivity index (χ0v) is 11.0. The second-order valence-corrected chi connectivity index (χ2v) is 5.00. The van der Waals surface area contributed by atoms with Crippen LogP contribution in [0.5, 0.6) is 0 Å². The van der Waals surface area contributed by atoms with E-state index in [1.54, 1.807) is 0 Å². The van der Waals surface area contributed by atoms with Gasteiger partial charge in [0.15, 0.2) is 0 Å². The normalized spacial score (nSPS) is 29.2.